The van der Waals surface area contributed by atoms with Gasteiger partial charge >= 0.3 is 0 Å². The molecule has 1 aliphatic rings. The normalized spacial score (nSPS) is 17.2. The van der Waals surface area contributed by atoms with Crippen LogP contribution in [-0.2, 0) is 26.3 Å². The highest BCUT2D eigenvalue weighted by Crippen LogP contribution is 2.29. The van der Waals surface area contributed by atoms with Crippen molar-refractivity contribution in [1.82, 2.24) is 9.62 Å². The van der Waals surface area contributed by atoms with Gasteiger partial charge < -0.3 is 5.32 Å². The minimum Gasteiger partial charge on any atom is -0.355 e. The first-order valence-electron chi connectivity index (χ1n) is 10.4. The van der Waals surface area contributed by atoms with Crippen LogP contribution in [0.3, 0.4) is 0 Å². The van der Waals surface area contributed by atoms with Crippen molar-refractivity contribution >= 4 is 74.1 Å². The van der Waals surface area contributed by atoms with Gasteiger partial charge in [-0.15, -0.1) is 0 Å². The van der Waals surface area contributed by atoms with Crippen molar-refractivity contribution in [3.8, 4) is 0 Å². The summed E-state index contributed by atoms with van der Waals surface area (Å²) in [5.41, 5.74) is 1.44. The minimum atomic E-state index is -3.65. The molecule has 1 saturated heterocycles. The van der Waals surface area contributed by atoms with Gasteiger partial charge in [0.2, 0.25) is 15.9 Å². The molecule has 1 unspecified atom stereocenters. The minimum absolute atomic E-state index is 0.124. The van der Waals surface area contributed by atoms with Gasteiger partial charge in [0.1, 0.15) is 0 Å². The van der Waals surface area contributed by atoms with E-state index >= 15 is 0 Å². The number of nitrogens with zero attached hydrogens (tertiary/aromatic N) is 1. The maximum absolute atomic E-state index is 13.0. The zero-order valence-corrected chi connectivity index (χ0v) is 22.4. The fourth-order valence-electron chi connectivity index (χ4n) is 3.56. The molecule has 2 aromatic rings. The first-order chi connectivity index (χ1) is 15.7. The van der Waals surface area contributed by atoms with Gasteiger partial charge in [0.15, 0.2) is 0 Å². The maximum Gasteiger partial charge on any atom is 0.224 e. The van der Waals surface area contributed by atoms with Crippen molar-refractivity contribution in [3.05, 3.63) is 67.6 Å². The summed E-state index contributed by atoms with van der Waals surface area (Å²) in [7, 11) is -3.65. The molecule has 33 heavy (non-hydrogen) atoms. The van der Waals surface area contributed by atoms with Gasteiger partial charge in [0, 0.05) is 46.7 Å². The number of halogens is 4. The number of benzene rings is 2. The van der Waals surface area contributed by atoms with Crippen molar-refractivity contribution in [1.29, 1.82) is 0 Å². The van der Waals surface area contributed by atoms with Gasteiger partial charge in [-0.2, -0.15) is 11.8 Å². The van der Waals surface area contributed by atoms with Gasteiger partial charge in [-0.25, -0.2) is 12.7 Å². The van der Waals surface area contributed by atoms with Crippen LogP contribution in [0.25, 0.3) is 0 Å². The third-order valence-electron chi connectivity index (χ3n) is 5.34. The van der Waals surface area contributed by atoms with Crippen LogP contribution in [0.5, 0.6) is 0 Å². The zero-order chi connectivity index (χ0) is 24.0. The molecule has 1 aliphatic heterocycles. The molecule has 11 heteroatoms. The number of carbonyl (C=O) groups is 1. The predicted octanol–water partition coefficient (Wildman–Crippen LogP) is 5.89. The number of carbonyl (C=O) groups excluding carboxylic acids is 1. The van der Waals surface area contributed by atoms with E-state index in [-0.39, 0.29) is 24.1 Å². The van der Waals surface area contributed by atoms with Crippen LogP contribution >= 0.6 is 58.2 Å². The summed E-state index contributed by atoms with van der Waals surface area (Å²) in [6.45, 7) is 1.05. The van der Waals surface area contributed by atoms with Crippen LogP contribution in [0.4, 0.5) is 0 Å². The molecular weight excluding hydrogens is 546 g/mol. The van der Waals surface area contributed by atoms with E-state index in [1.54, 1.807) is 36.0 Å². The molecule has 5 nitrogen and oxygen atoms in total. The standard InChI is InChI=1S/C22H24Cl4N2O3S2/c23-18-4-1-5-19(24)17(18)14-33(30,31)28-9-2-3-16(12-28)22(29)27-8-10-32-13-15-6-7-20(25)21(26)11-15/h1,4-7,11,16H,2-3,8-10,12-14H2,(H,27,29). The molecular formula is C22H24Cl4N2O3S2. The monoisotopic (exact) mass is 568 g/mol. The molecule has 1 atom stereocenters. The van der Waals surface area contributed by atoms with E-state index in [4.69, 9.17) is 46.4 Å². The molecule has 0 radical (unpaired) electrons. The van der Waals surface area contributed by atoms with Gasteiger partial charge in [-0.1, -0.05) is 58.5 Å². The van der Waals surface area contributed by atoms with Gasteiger partial charge in [0.05, 0.1) is 21.7 Å². The Morgan fingerprint density at radius 3 is 2.48 bits per heavy atom. The van der Waals surface area contributed by atoms with E-state index in [1.807, 2.05) is 12.1 Å². The van der Waals surface area contributed by atoms with Crippen LogP contribution in [0, 0.1) is 5.92 Å². The van der Waals surface area contributed by atoms with Crippen LogP contribution in [0.15, 0.2) is 36.4 Å². The summed E-state index contributed by atoms with van der Waals surface area (Å²) in [6, 6.07) is 10.4. The Bertz CT molecular complexity index is 1080. The summed E-state index contributed by atoms with van der Waals surface area (Å²) in [5, 5.41) is 4.61. The van der Waals surface area contributed by atoms with Gasteiger partial charge in [-0.3, -0.25) is 4.79 Å². The SMILES string of the molecule is O=C(NCCSCc1ccc(Cl)c(Cl)c1)C1CCCN(S(=O)(=O)Cc2c(Cl)cccc2Cl)C1. The summed E-state index contributed by atoms with van der Waals surface area (Å²) < 4.78 is 27.3. The van der Waals surface area contributed by atoms with E-state index in [1.165, 1.54) is 4.31 Å². The Balaban J connectivity index is 1.47. The lowest BCUT2D eigenvalue weighted by Gasteiger charge is -2.31. The molecule has 0 aliphatic carbocycles. The molecule has 1 fully saturated rings. The quantitative estimate of drug-likeness (QED) is 0.382. The summed E-state index contributed by atoms with van der Waals surface area (Å²) >= 11 is 25.9. The predicted molar refractivity (Wildman–Crippen MR) is 139 cm³/mol. The van der Waals surface area contributed by atoms with E-state index in [0.29, 0.717) is 51.6 Å². The lowest BCUT2D eigenvalue weighted by atomic mass is 9.99. The number of rotatable bonds is 9. The molecule has 0 bridgehead atoms. The lowest BCUT2D eigenvalue weighted by molar-refractivity contribution is -0.125. The molecule has 1 heterocycles. The fraction of sp³-hybridized carbons (Fsp3) is 0.409. The number of hydrogen-bond acceptors (Lipinski definition) is 4. The number of amides is 1. The summed E-state index contributed by atoms with van der Waals surface area (Å²) in [6.07, 6.45) is 1.28. The lowest BCUT2D eigenvalue weighted by Crippen LogP contribution is -2.46. The van der Waals surface area contributed by atoms with Crippen molar-refractivity contribution < 1.29 is 13.2 Å². The van der Waals surface area contributed by atoms with Crippen molar-refractivity contribution in [2.75, 3.05) is 25.4 Å². The highest BCUT2D eigenvalue weighted by atomic mass is 35.5. The van der Waals surface area contributed by atoms with E-state index in [9.17, 15) is 13.2 Å². The molecule has 0 spiro atoms. The Labute approximate surface area is 219 Å². The van der Waals surface area contributed by atoms with Gasteiger partial charge in [-0.05, 0) is 42.7 Å². The highest BCUT2D eigenvalue weighted by molar-refractivity contribution is 7.98. The largest absolute Gasteiger partial charge is 0.355 e. The average molecular weight is 570 g/mol. The second kappa shape index (κ2) is 12.3. The molecule has 2 aromatic carbocycles. The van der Waals surface area contributed by atoms with E-state index in [2.05, 4.69) is 5.32 Å². The van der Waals surface area contributed by atoms with Crippen LogP contribution < -0.4 is 5.32 Å². The van der Waals surface area contributed by atoms with Crippen molar-refractivity contribution in [2.45, 2.75) is 24.3 Å². The van der Waals surface area contributed by atoms with Crippen LogP contribution in [0.1, 0.15) is 24.0 Å². The van der Waals surface area contributed by atoms with E-state index < -0.39 is 10.0 Å². The Morgan fingerprint density at radius 1 is 1.06 bits per heavy atom. The van der Waals surface area contributed by atoms with Gasteiger partial charge in [0.25, 0.3) is 0 Å². The average Bonchev–Trinajstić information content (AvgIpc) is 2.78. The number of nitrogens with one attached hydrogen (secondary N) is 1. The number of thioether (sulfide) groups is 1. The molecule has 1 N–H and O–H groups in total. The Hall–Kier alpha value is -0.670. The molecule has 1 amide bonds. The van der Waals surface area contributed by atoms with Crippen molar-refractivity contribution in [2.24, 2.45) is 5.92 Å². The third-order valence-corrected chi connectivity index (χ3v) is 9.58. The summed E-state index contributed by atoms with van der Waals surface area (Å²) in [5.74, 6) is 0.695. The molecule has 0 aromatic heterocycles. The molecule has 180 valence electrons. The molecule has 3 rings (SSSR count). The number of sulfonamides is 1. The first-order valence-corrected chi connectivity index (χ1v) is 14.6. The Morgan fingerprint density at radius 2 is 1.79 bits per heavy atom. The zero-order valence-electron chi connectivity index (χ0n) is 17.7. The summed E-state index contributed by atoms with van der Waals surface area (Å²) in [4.78, 5) is 12.6. The van der Waals surface area contributed by atoms with Crippen molar-refractivity contribution in [3.63, 3.8) is 0 Å². The maximum atomic E-state index is 13.0. The smallest absolute Gasteiger partial charge is 0.224 e. The molecule has 0 saturated carbocycles. The van der Waals surface area contributed by atoms with E-state index in [0.717, 1.165) is 17.1 Å². The first kappa shape index (κ1) is 26.9. The number of hydrogen-bond donors (Lipinski definition) is 1. The fourth-order valence-corrected chi connectivity index (χ4v) is 7.05. The third kappa shape index (κ3) is 7.66. The number of piperidine rings is 1. The van der Waals surface area contributed by atoms with Crippen LogP contribution in [-0.4, -0.2) is 44.0 Å². The second-order valence-corrected chi connectivity index (χ2v) is 12.4. The highest BCUT2D eigenvalue weighted by Gasteiger charge is 2.33. The second-order valence-electron chi connectivity index (χ2n) is 7.75. The topological polar surface area (TPSA) is 66.5 Å². The Kier molecular flexibility index (Phi) is 10.1. The van der Waals surface area contributed by atoms with Crippen LogP contribution in [0.2, 0.25) is 20.1 Å².